The number of quaternary nitrogens is 1. The van der Waals surface area contributed by atoms with Gasteiger partial charge in [-0.2, -0.15) is 4.37 Å². The molecule has 26 heavy (non-hydrogen) atoms. The second kappa shape index (κ2) is 9.87. The van der Waals surface area contributed by atoms with Gasteiger partial charge in [-0.25, -0.2) is 4.79 Å². The molecule has 0 saturated heterocycles. The largest absolute Gasteiger partial charge is 0.512 e. The zero-order chi connectivity index (χ0) is 19.0. The minimum Gasteiger partial charge on any atom is -0.475 e. The Kier molecular flexibility index (Phi) is 7.84. The van der Waals surface area contributed by atoms with Gasteiger partial charge in [0, 0.05) is 18.9 Å². The number of hydrogen-bond acceptors (Lipinski definition) is 7. The molecule has 1 aliphatic rings. The lowest BCUT2D eigenvalue weighted by Crippen LogP contribution is -2.55. The van der Waals surface area contributed by atoms with Crippen molar-refractivity contribution in [2.24, 2.45) is 0 Å². The van der Waals surface area contributed by atoms with Crippen molar-refractivity contribution < 1.29 is 23.5 Å². The average molecular weight is 385 g/mol. The molecule has 2 heterocycles. The Morgan fingerprint density at radius 1 is 1.35 bits per heavy atom. The van der Waals surface area contributed by atoms with Gasteiger partial charge in [0.1, 0.15) is 12.2 Å². The van der Waals surface area contributed by atoms with Crippen LogP contribution < -0.4 is 4.74 Å². The van der Waals surface area contributed by atoms with Crippen LogP contribution in [0.2, 0.25) is 0 Å². The fourth-order valence-corrected chi connectivity index (χ4v) is 3.56. The third kappa shape index (κ3) is 5.41. The van der Waals surface area contributed by atoms with Gasteiger partial charge in [-0.05, 0) is 6.42 Å². The molecule has 0 spiro atoms. The van der Waals surface area contributed by atoms with Gasteiger partial charge < -0.3 is 14.2 Å². The monoisotopic (exact) mass is 384 g/mol. The summed E-state index contributed by atoms with van der Waals surface area (Å²) in [6, 6.07) is 0. The first-order valence-electron chi connectivity index (χ1n) is 9.23. The highest BCUT2D eigenvalue weighted by Gasteiger charge is 2.36. The highest BCUT2D eigenvalue weighted by Crippen LogP contribution is 2.31. The maximum atomic E-state index is 11.5. The van der Waals surface area contributed by atoms with E-state index in [2.05, 4.69) is 33.5 Å². The van der Waals surface area contributed by atoms with E-state index in [1.165, 1.54) is 38.1 Å². The number of methoxy groups -OCH3 is 1. The van der Waals surface area contributed by atoms with Crippen LogP contribution in [0.25, 0.3) is 5.57 Å². The van der Waals surface area contributed by atoms with Crippen molar-refractivity contribution in [1.82, 2.24) is 8.75 Å². The molecule has 0 amide bonds. The molecule has 1 aromatic heterocycles. The van der Waals surface area contributed by atoms with E-state index in [1.54, 1.807) is 0 Å². The van der Waals surface area contributed by atoms with Crippen molar-refractivity contribution in [2.75, 3.05) is 33.9 Å². The number of aromatic nitrogens is 2. The zero-order valence-corrected chi connectivity index (χ0v) is 17.0. The Hall–Kier alpha value is -1.67. The molecular formula is C18H30N3O4S+. The number of hydrogen-bond donors (Lipinski definition) is 0. The Balaban J connectivity index is 2.00. The van der Waals surface area contributed by atoms with Crippen molar-refractivity contribution in [2.45, 2.75) is 52.2 Å². The summed E-state index contributed by atoms with van der Waals surface area (Å²) < 4.78 is 25.2. The molecule has 0 N–H and O–H groups in total. The van der Waals surface area contributed by atoms with Crippen molar-refractivity contribution in [1.29, 1.82) is 0 Å². The zero-order valence-electron chi connectivity index (χ0n) is 16.2. The number of ether oxygens (including phenoxy) is 3. The highest BCUT2D eigenvalue weighted by atomic mass is 32.1. The van der Waals surface area contributed by atoms with Crippen LogP contribution in [0.4, 0.5) is 4.79 Å². The smallest absolute Gasteiger partial charge is 0.475 e. The first kappa shape index (κ1) is 20.6. The van der Waals surface area contributed by atoms with Gasteiger partial charge in [-0.15, -0.1) is 4.37 Å². The molecule has 0 radical (unpaired) electrons. The summed E-state index contributed by atoms with van der Waals surface area (Å²) in [4.78, 5) is 11.5. The Bertz CT molecular complexity index is 619. The second-order valence-corrected chi connectivity index (χ2v) is 7.41. The summed E-state index contributed by atoms with van der Waals surface area (Å²) in [6.45, 7) is 6.34. The summed E-state index contributed by atoms with van der Waals surface area (Å²) in [5.74, 6) is 0.618. The molecule has 7 nitrogen and oxygen atoms in total. The molecule has 1 aliphatic heterocycles. The van der Waals surface area contributed by atoms with E-state index >= 15 is 0 Å². The lowest BCUT2D eigenvalue weighted by Gasteiger charge is -2.40. The summed E-state index contributed by atoms with van der Waals surface area (Å²) >= 11 is 1.17. The number of carbonyl (C=O) groups excluding carboxylic acids is 1. The molecule has 0 saturated carbocycles. The maximum absolute atomic E-state index is 11.5. The van der Waals surface area contributed by atoms with Crippen LogP contribution in [-0.2, 0) is 9.47 Å². The third-order valence-electron chi connectivity index (χ3n) is 4.87. The van der Waals surface area contributed by atoms with Crippen molar-refractivity contribution >= 4 is 23.5 Å². The van der Waals surface area contributed by atoms with E-state index in [0.29, 0.717) is 23.5 Å². The quantitative estimate of drug-likeness (QED) is 0.366. The van der Waals surface area contributed by atoms with Gasteiger partial charge in [0.2, 0.25) is 6.23 Å². The van der Waals surface area contributed by atoms with E-state index < -0.39 is 6.16 Å². The summed E-state index contributed by atoms with van der Waals surface area (Å²) in [5.41, 5.74) is 1.91. The molecule has 146 valence electrons. The maximum Gasteiger partial charge on any atom is 0.512 e. The van der Waals surface area contributed by atoms with E-state index in [9.17, 15) is 4.79 Å². The van der Waals surface area contributed by atoms with Gasteiger partial charge in [-0.1, -0.05) is 32.3 Å². The average Bonchev–Trinajstić information content (AvgIpc) is 3.10. The Labute approximate surface area is 159 Å². The molecule has 2 atom stereocenters. The lowest BCUT2D eigenvalue weighted by atomic mass is 10.0. The summed E-state index contributed by atoms with van der Waals surface area (Å²) in [6.07, 6.45) is 6.74. The van der Waals surface area contributed by atoms with Crippen LogP contribution in [-0.4, -0.2) is 59.5 Å². The molecule has 2 rings (SSSR count). The highest BCUT2D eigenvalue weighted by molar-refractivity contribution is 6.99. The minimum absolute atomic E-state index is 0.309. The topological polar surface area (TPSA) is 70.5 Å². The SMILES string of the molecule is CCCCCCOc1nsnc1C1=CCC[N+](C)(C(C)OC(=O)OC)C1. The molecule has 2 unspecified atom stereocenters. The standard InChI is InChI=1S/C18H30N3O4S/c1-5-6-7-8-12-24-17-16(19-26-20-17)15-10-9-11-21(3,13-15)14(2)25-18(22)23-4/h10,14H,5-9,11-13H2,1-4H3/q+1. The van der Waals surface area contributed by atoms with E-state index in [1.807, 2.05) is 6.92 Å². The van der Waals surface area contributed by atoms with Crippen LogP contribution in [0.5, 0.6) is 5.88 Å². The predicted octanol–water partition coefficient (Wildman–Crippen LogP) is 3.86. The molecule has 0 bridgehead atoms. The number of unbranched alkanes of at least 4 members (excludes halogenated alkanes) is 3. The summed E-state index contributed by atoms with van der Waals surface area (Å²) in [5, 5.41) is 0. The van der Waals surface area contributed by atoms with Crippen molar-refractivity contribution in [3.8, 4) is 5.88 Å². The normalized spacial score (nSPS) is 21.0. The molecular weight excluding hydrogens is 354 g/mol. The third-order valence-corrected chi connectivity index (χ3v) is 5.38. The minimum atomic E-state index is -0.653. The van der Waals surface area contributed by atoms with E-state index in [4.69, 9.17) is 9.47 Å². The molecule has 0 aromatic carbocycles. The molecule has 0 aliphatic carbocycles. The number of carbonyl (C=O) groups is 1. The number of nitrogens with zero attached hydrogens (tertiary/aromatic N) is 3. The number of rotatable bonds is 9. The van der Waals surface area contributed by atoms with E-state index in [-0.39, 0.29) is 6.23 Å². The molecule has 0 fully saturated rings. The van der Waals surface area contributed by atoms with Crippen LogP contribution in [0.15, 0.2) is 6.08 Å². The van der Waals surface area contributed by atoms with Gasteiger partial charge >= 0.3 is 6.16 Å². The fraction of sp³-hybridized carbons (Fsp3) is 0.722. The lowest BCUT2D eigenvalue weighted by molar-refractivity contribution is -0.944. The molecule has 1 aromatic rings. The first-order valence-corrected chi connectivity index (χ1v) is 9.96. The first-order chi connectivity index (χ1) is 12.5. The summed E-state index contributed by atoms with van der Waals surface area (Å²) in [7, 11) is 3.40. The Morgan fingerprint density at radius 3 is 2.88 bits per heavy atom. The molecule has 8 heteroatoms. The van der Waals surface area contributed by atoms with Gasteiger partial charge in [-0.3, -0.25) is 4.48 Å². The van der Waals surface area contributed by atoms with Crippen LogP contribution in [0.3, 0.4) is 0 Å². The second-order valence-electron chi connectivity index (χ2n) is 6.88. The number of likely N-dealkylation sites (N-methyl/N-ethyl adjacent to an activating group) is 1. The van der Waals surface area contributed by atoms with E-state index in [0.717, 1.165) is 30.7 Å². The van der Waals surface area contributed by atoms with Crippen LogP contribution in [0, 0.1) is 0 Å². The van der Waals surface area contributed by atoms with Crippen molar-refractivity contribution in [3.63, 3.8) is 0 Å². The van der Waals surface area contributed by atoms with Crippen LogP contribution >= 0.6 is 11.7 Å². The predicted molar refractivity (Wildman–Crippen MR) is 101 cm³/mol. The van der Waals surface area contributed by atoms with Crippen molar-refractivity contribution in [3.05, 3.63) is 11.8 Å². The Morgan fingerprint density at radius 2 is 2.15 bits per heavy atom. The van der Waals surface area contributed by atoms with Gasteiger partial charge in [0.25, 0.3) is 5.88 Å². The van der Waals surface area contributed by atoms with Gasteiger partial charge in [0.05, 0.1) is 39.0 Å². The fourth-order valence-electron chi connectivity index (χ4n) is 3.03. The van der Waals surface area contributed by atoms with Gasteiger partial charge in [0.15, 0.2) is 0 Å². The van der Waals surface area contributed by atoms with Crippen LogP contribution in [0.1, 0.15) is 51.6 Å².